The molecule has 0 saturated carbocycles. The van der Waals surface area contributed by atoms with E-state index in [0.29, 0.717) is 18.9 Å². The molecule has 3 rings (SSSR count). The zero-order chi connectivity index (χ0) is 14.7. The standard InChI is InChI=1S/C15H17N3O3/c1-2-7-18-8-6-16-14(15(18)19)17-9-11-4-3-5-12-13(11)21-10-20-12/h3-6,8H,2,7,9-10H2,1H3,(H,16,17). The molecular weight excluding hydrogens is 270 g/mol. The van der Waals surface area contributed by atoms with Crippen LogP contribution in [0.3, 0.4) is 0 Å². The Hall–Kier alpha value is -2.50. The average molecular weight is 287 g/mol. The summed E-state index contributed by atoms with van der Waals surface area (Å²) in [6.07, 6.45) is 4.24. The second-order valence-electron chi connectivity index (χ2n) is 4.78. The van der Waals surface area contributed by atoms with E-state index in [0.717, 1.165) is 23.5 Å². The average Bonchev–Trinajstić information content (AvgIpc) is 2.97. The van der Waals surface area contributed by atoms with Gasteiger partial charge in [0.05, 0.1) is 0 Å². The van der Waals surface area contributed by atoms with Crippen LogP contribution in [-0.4, -0.2) is 16.3 Å². The Labute approximate surface area is 122 Å². The number of hydrogen-bond donors (Lipinski definition) is 1. The summed E-state index contributed by atoms with van der Waals surface area (Å²) in [5, 5.41) is 3.08. The Balaban J connectivity index is 1.78. The quantitative estimate of drug-likeness (QED) is 0.911. The highest BCUT2D eigenvalue weighted by Gasteiger charge is 2.17. The van der Waals surface area contributed by atoms with E-state index in [1.165, 1.54) is 0 Å². The number of fused-ring (bicyclic) bond motifs is 1. The van der Waals surface area contributed by atoms with Crippen molar-refractivity contribution in [3.05, 3.63) is 46.5 Å². The fraction of sp³-hybridized carbons (Fsp3) is 0.333. The molecule has 0 fully saturated rings. The summed E-state index contributed by atoms with van der Waals surface area (Å²) in [6, 6.07) is 5.70. The van der Waals surface area contributed by atoms with Gasteiger partial charge < -0.3 is 19.4 Å². The molecular formula is C15H17N3O3. The van der Waals surface area contributed by atoms with Gasteiger partial charge in [-0.05, 0) is 12.5 Å². The van der Waals surface area contributed by atoms with E-state index in [-0.39, 0.29) is 12.4 Å². The molecule has 0 radical (unpaired) electrons. The predicted octanol–water partition coefficient (Wildman–Crippen LogP) is 1.99. The van der Waals surface area contributed by atoms with Crippen molar-refractivity contribution in [1.29, 1.82) is 0 Å². The molecule has 2 heterocycles. The van der Waals surface area contributed by atoms with Gasteiger partial charge in [-0.2, -0.15) is 0 Å². The smallest absolute Gasteiger partial charge is 0.293 e. The Kier molecular flexibility index (Phi) is 3.77. The van der Waals surface area contributed by atoms with E-state index >= 15 is 0 Å². The van der Waals surface area contributed by atoms with Crippen LogP contribution in [0.5, 0.6) is 11.5 Å². The fourth-order valence-corrected chi connectivity index (χ4v) is 2.29. The Morgan fingerprint density at radius 3 is 3.14 bits per heavy atom. The van der Waals surface area contributed by atoms with E-state index in [1.807, 2.05) is 25.1 Å². The maximum atomic E-state index is 12.2. The molecule has 1 aliphatic heterocycles. The van der Waals surface area contributed by atoms with Crippen molar-refractivity contribution >= 4 is 5.82 Å². The number of benzene rings is 1. The highest BCUT2D eigenvalue weighted by molar-refractivity contribution is 5.49. The first-order chi connectivity index (χ1) is 10.3. The van der Waals surface area contributed by atoms with Crippen molar-refractivity contribution in [2.24, 2.45) is 0 Å². The summed E-state index contributed by atoms with van der Waals surface area (Å²) < 4.78 is 12.4. The normalized spacial score (nSPS) is 12.4. The van der Waals surface area contributed by atoms with Crippen molar-refractivity contribution in [3.63, 3.8) is 0 Å². The molecule has 0 unspecified atom stereocenters. The van der Waals surface area contributed by atoms with Crippen molar-refractivity contribution in [1.82, 2.24) is 9.55 Å². The van der Waals surface area contributed by atoms with Crippen molar-refractivity contribution in [2.75, 3.05) is 12.1 Å². The van der Waals surface area contributed by atoms with Gasteiger partial charge in [0.1, 0.15) is 0 Å². The zero-order valence-electron chi connectivity index (χ0n) is 11.8. The van der Waals surface area contributed by atoms with Crippen LogP contribution in [0, 0.1) is 0 Å². The van der Waals surface area contributed by atoms with E-state index in [2.05, 4.69) is 10.3 Å². The second kappa shape index (κ2) is 5.87. The summed E-state index contributed by atoms with van der Waals surface area (Å²) in [7, 11) is 0. The van der Waals surface area contributed by atoms with Gasteiger partial charge in [-0.15, -0.1) is 0 Å². The molecule has 1 aliphatic rings. The van der Waals surface area contributed by atoms with Crippen molar-refractivity contribution < 1.29 is 9.47 Å². The maximum absolute atomic E-state index is 12.2. The van der Waals surface area contributed by atoms with Gasteiger partial charge >= 0.3 is 0 Å². The number of anilines is 1. The summed E-state index contributed by atoms with van der Waals surface area (Å²) in [5.41, 5.74) is 0.834. The minimum Gasteiger partial charge on any atom is -0.454 e. The number of nitrogens with zero attached hydrogens (tertiary/aromatic N) is 2. The number of rotatable bonds is 5. The molecule has 6 heteroatoms. The Morgan fingerprint density at radius 1 is 1.38 bits per heavy atom. The second-order valence-corrected chi connectivity index (χ2v) is 4.78. The number of nitrogens with one attached hydrogen (secondary N) is 1. The van der Waals surface area contributed by atoms with Crippen LogP contribution >= 0.6 is 0 Å². The van der Waals surface area contributed by atoms with Crippen LogP contribution < -0.4 is 20.3 Å². The van der Waals surface area contributed by atoms with Crippen LogP contribution in [0.25, 0.3) is 0 Å². The van der Waals surface area contributed by atoms with Crippen LogP contribution in [0.15, 0.2) is 35.4 Å². The lowest BCUT2D eigenvalue weighted by atomic mass is 10.2. The van der Waals surface area contributed by atoms with Crippen molar-refractivity contribution in [3.8, 4) is 11.5 Å². The first-order valence-corrected chi connectivity index (χ1v) is 6.96. The monoisotopic (exact) mass is 287 g/mol. The molecule has 0 bridgehead atoms. The van der Waals surface area contributed by atoms with E-state index in [9.17, 15) is 4.79 Å². The number of aryl methyl sites for hydroxylation is 1. The molecule has 1 aromatic carbocycles. The minimum atomic E-state index is -0.107. The summed E-state index contributed by atoms with van der Waals surface area (Å²) >= 11 is 0. The fourth-order valence-electron chi connectivity index (χ4n) is 2.29. The molecule has 0 spiro atoms. The summed E-state index contributed by atoms with van der Waals surface area (Å²) in [5.74, 6) is 1.82. The molecule has 2 aromatic rings. The van der Waals surface area contributed by atoms with Crippen molar-refractivity contribution in [2.45, 2.75) is 26.4 Å². The summed E-state index contributed by atoms with van der Waals surface area (Å²) in [6.45, 7) is 3.42. The molecule has 1 N–H and O–H groups in total. The molecule has 0 atom stereocenters. The molecule has 0 amide bonds. The highest BCUT2D eigenvalue weighted by Crippen LogP contribution is 2.35. The van der Waals surface area contributed by atoms with Gasteiger partial charge in [-0.25, -0.2) is 4.98 Å². The van der Waals surface area contributed by atoms with E-state index in [1.54, 1.807) is 17.0 Å². The summed E-state index contributed by atoms with van der Waals surface area (Å²) in [4.78, 5) is 16.3. The van der Waals surface area contributed by atoms with Gasteiger partial charge in [0, 0.05) is 31.0 Å². The van der Waals surface area contributed by atoms with E-state index in [4.69, 9.17) is 9.47 Å². The number of ether oxygens (including phenoxy) is 2. The third kappa shape index (κ3) is 2.69. The zero-order valence-corrected chi connectivity index (χ0v) is 11.8. The topological polar surface area (TPSA) is 65.4 Å². The first kappa shape index (κ1) is 13.5. The molecule has 1 aromatic heterocycles. The first-order valence-electron chi connectivity index (χ1n) is 6.96. The molecule has 6 nitrogen and oxygen atoms in total. The number of aromatic nitrogens is 2. The lowest BCUT2D eigenvalue weighted by Gasteiger charge is -2.09. The SMILES string of the molecule is CCCn1ccnc(NCc2cccc3c2OCO3)c1=O. The van der Waals surface area contributed by atoms with E-state index < -0.39 is 0 Å². The van der Waals surface area contributed by atoms with Gasteiger partial charge in [-0.3, -0.25) is 4.79 Å². The molecule has 0 aliphatic carbocycles. The lowest BCUT2D eigenvalue weighted by molar-refractivity contribution is 0.173. The highest BCUT2D eigenvalue weighted by atomic mass is 16.7. The van der Waals surface area contributed by atoms with Crippen LogP contribution in [0.4, 0.5) is 5.82 Å². The van der Waals surface area contributed by atoms with Gasteiger partial charge in [0.15, 0.2) is 17.3 Å². The Morgan fingerprint density at radius 2 is 2.29 bits per heavy atom. The van der Waals surface area contributed by atoms with Crippen LogP contribution in [-0.2, 0) is 13.1 Å². The number of hydrogen-bond acceptors (Lipinski definition) is 5. The number of para-hydroxylation sites is 1. The van der Waals surface area contributed by atoms with Crippen LogP contribution in [0.2, 0.25) is 0 Å². The van der Waals surface area contributed by atoms with Gasteiger partial charge in [0.25, 0.3) is 5.56 Å². The molecule has 0 saturated heterocycles. The molecule has 110 valence electrons. The van der Waals surface area contributed by atoms with Crippen LogP contribution in [0.1, 0.15) is 18.9 Å². The third-order valence-corrected chi connectivity index (χ3v) is 3.30. The third-order valence-electron chi connectivity index (χ3n) is 3.30. The van der Waals surface area contributed by atoms with Gasteiger partial charge in [0.2, 0.25) is 6.79 Å². The van der Waals surface area contributed by atoms with Gasteiger partial charge in [-0.1, -0.05) is 19.1 Å². The molecule has 21 heavy (non-hydrogen) atoms. The maximum Gasteiger partial charge on any atom is 0.293 e. The largest absolute Gasteiger partial charge is 0.454 e. The predicted molar refractivity (Wildman–Crippen MR) is 78.7 cm³/mol. The Bertz CT molecular complexity index is 697. The minimum absolute atomic E-state index is 0.107. The lowest BCUT2D eigenvalue weighted by Crippen LogP contribution is -2.24.